The molecule has 0 saturated heterocycles. The van der Waals surface area contributed by atoms with Crippen molar-refractivity contribution < 1.29 is 41.9 Å². The summed E-state index contributed by atoms with van der Waals surface area (Å²) in [5, 5.41) is 12.1. The van der Waals surface area contributed by atoms with E-state index >= 15 is 0 Å². The molecule has 1 N–H and O–H groups in total. The van der Waals surface area contributed by atoms with Crippen LogP contribution in [-0.2, 0) is 27.2 Å². The molecule has 2 aromatic rings. The number of esters is 1. The van der Waals surface area contributed by atoms with Gasteiger partial charge in [0.1, 0.15) is 5.75 Å². The van der Waals surface area contributed by atoms with Gasteiger partial charge >= 0.3 is 18.3 Å². The number of hydrogen-bond acceptors (Lipinski definition) is 7. The van der Waals surface area contributed by atoms with E-state index in [1.807, 2.05) is 0 Å². The number of hydrogen-bond donors (Lipinski definition) is 1. The number of carbonyl (C=O) groups excluding carboxylic acids is 1. The first-order valence-corrected chi connectivity index (χ1v) is 7.35. The smallest absolute Gasteiger partial charge is 0.479 e. The monoisotopic (exact) mass is 386 g/mol. The lowest BCUT2D eigenvalue weighted by molar-refractivity contribution is -0.274. The fourth-order valence-corrected chi connectivity index (χ4v) is 1.91. The minimum absolute atomic E-state index is 0.0549. The summed E-state index contributed by atoms with van der Waals surface area (Å²) in [7, 11) is 0. The number of alkyl halides is 3. The van der Waals surface area contributed by atoms with E-state index in [1.165, 1.54) is 12.1 Å². The van der Waals surface area contributed by atoms with Crippen LogP contribution in [0.25, 0.3) is 0 Å². The Morgan fingerprint density at radius 2 is 1.89 bits per heavy atom. The van der Waals surface area contributed by atoms with Crippen LogP contribution < -0.4 is 4.74 Å². The van der Waals surface area contributed by atoms with Crippen molar-refractivity contribution in [2.24, 2.45) is 0 Å². The van der Waals surface area contributed by atoms with Gasteiger partial charge in [0, 0.05) is 12.0 Å². The Bertz CT molecular complexity index is 829. The van der Waals surface area contributed by atoms with Crippen LogP contribution in [-0.4, -0.2) is 40.2 Å². The summed E-state index contributed by atoms with van der Waals surface area (Å²) in [6, 6.07) is 5.15. The molecule has 0 fully saturated rings. The second-order valence-electron chi connectivity index (χ2n) is 5.22. The lowest BCUT2D eigenvalue weighted by Crippen LogP contribution is -2.17. The predicted molar refractivity (Wildman–Crippen MR) is 81.7 cm³/mol. The zero-order valence-corrected chi connectivity index (χ0v) is 13.7. The van der Waals surface area contributed by atoms with Crippen LogP contribution in [0.1, 0.15) is 17.3 Å². The maximum Gasteiger partial charge on any atom is 0.573 e. The molecule has 0 radical (unpaired) electrons. The minimum Gasteiger partial charge on any atom is -0.479 e. The Kier molecular flexibility index (Phi) is 6.16. The third-order valence-electron chi connectivity index (χ3n) is 3.01. The van der Waals surface area contributed by atoms with E-state index in [-0.39, 0.29) is 35.9 Å². The maximum atomic E-state index is 12.1. The Balaban J connectivity index is 1.91. The van der Waals surface area contributed by atoms with Crippen LogP contribution in [0.4, 0.5) is 13.2 Å². The summed E-state index contributed by atoms with van der Waals surface area (Å²) in [5.74, 6) is -2.27. The molecule has 1 aromatic heterocycles. The largest absolute Gasteiger partial charge is 0.573 e. The van der Waals surface area contributed by atoms with Gasteiger partial charge in [0.15, 0.2) is 12.4 Å². The number of halogens is 3. The fourth-order valence-electron chi connectivity index (χ4n) is 1.91. The highest BCUT2D eigenvalue weighted by Gasteiger charge is 2.30. The zero-order chi connectivity index (χ0) is 20.0. The summed E-state index contributed by atoms with van der Waals surface area (Å²) in [6.45, 7) is 2.67. The molecule has 0 bridgehead atoms. The van der Waals surface area contributed by atoms with E-state index in [1.54, 1.807) is 0 Å². The molecule has 0 amide bonds. The summed E-state index contributed by atoms with van der Waals surface area (Å²) in [5.41, 5.74) is 0.539. The average Bonchev–Trinajstić information content (AvgIpc) is 3.00. The molecule has 0 aliphatic heterocycles. The number of aliphatic carboxylic acids is 1. The maximum absolute atomic E-state index is 12.1. The summed E-state index contributed by atoms with van der Waals surface area (Å²) >= 11 is 0. The van der Waals surface area contributed by atoms with E-state index in [0.717, 1.165) is 12.1 Å². The molecule has 0 unspecified atom stereocenters. The van der Waals surface area contributed by atoms with Crippen LogP contribution in [0, 0.1) is 0 Å². The molecule has 0 saturated carbocycles. The van der Waals surface area contributed by atoms with Crippen LogP contribution in [0.3, 0.4) is 0 Å². The second kappa shape index (κ2) is 8.34. The van der Waals surface area contributed by atoms with Crippen molar-refractivity contribution in [3.05, 3.63) is 53.7 Å². The van der Waals surface area contributed by atoms with E-state index in [9.17, 15) is 22.8 Å². The van der Waals surface area contributed by atoms with Crippen molar-refractivity contribution in [3.63, 3.8) is 0 Å². The number of ether oxygens (including phenoxy) is 2. The van der Waals surface area contributed by atoms with Gasteiger partial charge in [0.05, 0.1) is 6.42 Å². The summed E-state index contributed by atoms with van der Waals surface area (Å²) in [4.78, 5) is 25.9. The third-order valence-corrected chi connectivity index (χ3v) is 3.01. The fraction of sp³-hybridized carbons (Fsp3) is 0.250. The van der Waals surface area contributed by atoms with Crippen LogP contribution in [0.2, 0.25) is 0 Å². The number of carboxylic acid groups (broad SMARTS) is 1. The van der Waals surface area contributed by atoms with Gasteiger partial charge in [-0.3, -0.25) is 0 Å². The van der Waals surface area contributed by atoms with Crippen molar-refractivity contribution in [1.82, 2.24) is 10.1 Å². The molecule has 144 valence electrons. The quantitative estimate of drug-likeness (QED) is 0.543. The minimum atomic E-state index is -4.77. The number of carbonyl (C=O) groups is 2. The number of nitrogens with zero attached hydrogens (tertiary/aromatic N) is 2. The van der Waals surface area contributed by atoms with Gasteiger partial charge in [-0.1, -0.05) is 23.9 Å². The highest BCUT2D eigenvalue weighted by Crippen LogP contribution is 2.23. The molecule has 0 atom stereocenters. The standard InChI is InChI=1S/C16H13F3N2O6/c1-9(15(24)25-8-14(22)23)6-13-20-12(21-27-13)7-10-2-4-11(5-3-10)26-16(17,18)19/h2-5H,1,6-8H2,(H,22,23). The van der Waals surface area contributed by atoms with Crippen LogP contribution in [0.15, 0.2) is 40.9 Å². The lowest BCUT2D eigenvalue weighted by Gasteiger charge is -2.08. The van der Waals surface area contributed by atoms with Gasteiger partial charge in [0.2, 0.25) is 5.89 Å². The molecule has 0 aliphatic carbocycles. The lowest BCUT2D eigenvalue weighted by atomic mass is 10.1. The highest BCUT2D eigenvalue weighted by atomic mass is 19.4. The topological polar surface area (TPSA) is 112 Å². The molecule has 0 aliphatic rings. The second-order valence-corrected chi connectivity index (χ2v) is 5.22. The molecule has 1 heterocycles. The first kappa shape index (κ1) is 19.9. The van der Waals surface area contributed by atoms with E-state index in [0.29, 0.717) is 5.56 Å². The Labute approximate surface area is 150 Å². The normalized spacial score (nSPS) is 11.1. The molecule has 0 spiro atoms. The molecule has 2 rings (SSSR count). The molecular formula is C16H13F3N2O6. The Hall–Kier alpha value is -3.37. The van der Waals surface area contributed by atoms with Gasteiger partial charge in [-0.2, -0.15) is 4.98 Å². The van der Waals surface area contributed by atoms with Crippen molar-refractivity contribution >= 4 is 11.9 Å². The van der Waals surface area contributed by atoms with E-state index in [2.05, 4.69) is 26.2 Å². The van der Waals surface area contributed by atoms with Gasteiger partial charge in [-0.15, -0.1) is 13.2 Å². The molecule has 8 nitrogen and oxygen atoms in total. The molecular weight excluding hydrogens is 373 g/mol. The molecule has 11 heteroatoms. The van der Waals surface area contributed by atoms with Crippen LogP contribution >= 0.6 is 0 Å². The third kappa shape index (κ3) is 6.80. The highest BCUT2D eigenvalue weighted by molar-refractivity contribution is 5.89. The van der Waals surface area contributed by atoms with E-state index < -0.39 is 24.9 Å². The summed E-state index contributed by atoms with van der Waals surface area (Å²) < 4.78 is 49.5. The average molecular weight is 386 g/mol. The number of carboxylic acids is 1. The first-order valence-electron chi connectivity index (χ1n) is 7.35. The number of rotatable bonds is 8. The van der Waals surface area contributed by atoms with Crippen molar-refractivity contribution in [2.45, 2.75) is 19.2 Å². The Morgan fingerprint density at radius 3 is 2.48 bits per heavy atom. The summed E-state index contributed by atoms with van der Waals surface area (Å²) in [6.07, 6.45) is -4.73. The SMILES string of the molecule is C=C(Cc1nc(Cc2ccc(OC(F)(F)F)cc2)no1)C(=O)OCC(=O)O. The molecule has 27 heavy (non-hydrogen) atoms. The molecule has 1 aromatic carbocycles. The first-order chi connectivity index (χ1) is 12.6. The number of aromatic nitrogens is 2. The Morgan fingerprint density at radius 1 is 1.22 bits per heavy atom. The van der Waals surface area contributed by atoms with Gasteiger partial charge in [-0.05, 0) is 17.7 Å². The van der Waals surface area contributed by atoms with Gasteiger partial charge in [-0.25, -0.2) is 9.59 Å². The van der Waals surface area contributed by atoms with Crippen molar-refractivity contribution in [2.75, 3.05) is 6.61 Å². The zero-order valence-electron chi connectivity index (χ0n) is 13.7. The predicted octanol–water partition coefficient (Wildman–Crippen LogP) is 2.29. The van der Waals surface area contributed by atoms with Crippen LogP contribution in [0.5, 0.6) is 5.75 Å². The van der Waals surface area contributed by atoms with Crippen molar-refractivity contribution in [1.29, 1.82) is 0 Å². The van der Waals surface area contributed by atoms with E-state index in [4.69, 9.17) is 9.63 Å². The number of benzene rings is 1. The van der Waals surface area contributed by atoms with Gasteiger partial charge in [0.25, 0.3) is 0 Å². The van der Waals surface area contributed by atoms with Crippen molar-refractivity contribution in [3.8, 4) is 5.75 Å². The van der Waals surface area contributed by atoms with Gasteiger partial charge < -0.3 is 19.1 Å².